The van der Waals surface area contributed by atoms with Gasteiger partial charge in [-0.2, -0.15) is 4.72 Å². The zero-order valence-electron chi connectivity index (χ0n) is 12.0. The number of hydrogen-bond acceptors (Lipinski definition) is 3. The van der Waals surface area contributed by atoms with E-state index < -0.39 is 27.8 Å². The van der Waals surface area contributed by atoms with E-state index in [0.29, 0.717) is 6.54 Å². The number of rotatable bonds is 6. The Labute approximate surface area is 132 Å². The maximum atomic E-state index is 13.4. The molecule has 5 nitrogen and oxygen atoms in total. The van der Waals surface area contributed by atoms with E-state index in [1.165, 1.54) is 19.1 Å². The molecule has 0 aliphatic heterocycles. The molecule has 0 aliphatic rings. The van der Waals surface area contributed by atoms with Crippen LogP contribution in [0, 0.1) is 11.7 Å². The van der Waals surface area contributed by atoms with Crippen molar-refractivity contribution in [1.29, 1.82) is 0 Å². The molecule has 1 atom stereocenters. The molecular weight excluding hydrogens is 363 g/mol. The second-order valence-electron chi connectivity index (χ2n) is 5.06. The standard InChI is InChI=1S/C13H18BrFN2O3S/c1-8(2)7-16-13(18)9(3)17-21(19,20)10-4-5-11(14)12(15)6-10/h4-6,8-9,17H,7H2,1-3H3,(H,16,18). The first-order chi connectivity index (χ1) is 9.63. The van der Waals surface area contributed by atoms with Crippen LogP contribution >= 0.6 is 15.9 Å². The van der Waals surface area contributed by atoms with Crippen molar-refractivity contribution in [2.24, 2.45) is 5.92 Å². The van der Waals surface area contributed by atoms with E-state index in [9.17, 15) is 17.6 Å². The molecule has 21 heavy (non-hydrogen) atoms. The van der Waals surface area contributed by atoms with Gasteiger partial charge >= 0.3 is 0 Å². The summed E-state index contributed by atoms with van der Waals surface area (Å²) in [7, 11) is -3.95. The Bertz CT molecular complexity index is 620. The van der Waals surface area contributed by atoms with Crippen molar-refractivity contribution < 1.29 is 17.6 Å². The number of sulfonamides is 1. The van der Waals surface area contributed by atoms with Crippen molar-refractivity contribution in [3.63, 3.8) is 0 Å². The minimum Gasteiger partial charge on any atom is -0.354 e. The summed E-state index contributed by atoms with van der Waals surface area (Å²) in [4.78, 5) is 11.5. The quantitative estimate of drug-likeness (QED) is 0.792. The van der Waals surface area contributed by atoms with Crippen molar-refractivity contribution in [3.8, 4) is 0 Å². The minimum absolute atomic E-state index is 0.171. The maximum Gasteiger partial charge on any atom is 0.241 e. The van der Waals surface area contributed by atoms with Crippen LogP contribution in [0.15, 0.2) is 27.6 Å². The van der Waals surface area contributed by atoms with Crippen molar-refractivity contribution in [2.45, 2.75) is 31.7 Å². The predicted octanol–water partition coefficient (Wildman–Crippen LogP) is 2.03. The van der Waals surface area contributed by atoms with Crippen LogP contribution in [0.5, 0.6) is 0 Å². The van der Waals surface area contributed by atoms with Crippen molar-refractivity contribution in [1.82, 2.24) is 10.0 Å². The summed E-state index contributed by atoms with van der Waals surface area (Å²) in [5.74, 6) is -0.849. The van der Waals surface area contributed by atoms with E-state index >= 15 is 0 Å². The van der Waals surface area contributed by atoms with Gasteiger partial charge in [0.15, 0.2) is 0 Å². The number of benzene rings is 1. The van der Waals surface area contributed by atoms with Crippen molar-refractivity contribution >= 4 is 31.9 Å². The number of nitrogens with one attached hydrogen (secondary N) is 2. The zero-order valence-corrected chi connectivity index (χ0v) is 14.4. The van der Waals surface area contributed by atoms with Crippen molar-refractivity contribution in [2.75, 3.05) is 6.54 Å². The van der Waals surface area contributed by atoms with E-state index in [4.69, 9.17) is 0 Å². The molecule has 0 aromatic heterocycles. The Morgan fingerprint density at radius 2 is 1.95 bits per heavy atom. The first-order valence-corrected chi connectivity index (χ1v) is 8.66. The average Bonchev–Trinajstić information content (AvgIpc) is 2.38. The van der Waals surface area contributed by atoms with Crippen LogP contribution in [0.25, 0.3) is 0 Å². The van der Waals surface area contributed by atoms with Gasteiger partial charge in [-0.15, -0.1) is 0 Å². The molecule has 0 spiro atoms. The summed E-state index contributed by atoms with van der Waals surface area (Å²) in [5.41, 5.74) is 0. The molecule has 0 aliphatic carbocycles. The van der Waals surface area contributed by atoms with Crippen LogP contribution < -0.4 is 10.0 Å². The summed E-state index contributed by atoms with van der Waals surface area (Å²) >= 11 is 2.95. The first-order valence-electron chi connectivity index (χ1n) is 6.38. The number of hydrogen-bond donors (Lipinski definition) is 2. The highest BCUT2D eigenvalue weighted by atomic mass is 79.9. The second kappa shape index (κ2) is 7.33. The molecule has 1 aromatic rings. The third-order valence-electron chi connectivity index (χ3n) is 2.61. The highest BCUT2D eigenvalue weighted by Gasteiger charge is 2.22. The smallest absolute Gasteiger partial charge is 0.241 e. The number of carbonyl (C=O) groups excluding carboxylic acids is 1. The Kier molecular flexibility index (Phi) is 6.30. The van der Waals surface area contributed by atoms with Crippen LogP contribution in [-0.4, -0.2) is 26.9 Å². The predicted molar refractivity (Wildman–Crippen MR) is 81.7 cm³/mol. The van der Waals surface area contributed by atoms with E-state index in [1.54, 1.807) is 0 Å². The molecule has 0 radical (unpaired) electrons. The fourth-order valence-electron chi connectivity index (χ4n) is 1.46. The molecule has 2 N–H and O–H groups in total. The molecule has 118 valence electrons. The van der Waals surface area contributed by atoms with Crippen LogP contribution in [-0.2, 0) is 14.8 Å². The Balaban J connectivity index is 2.80. The summed E-state index contributed by atoms with van der Waals surface area (Å²) in [6.07, 6.45) is 0. The van der Waals surface area contributed by atoms with E-state index in [1.807, 2.05) is 13.8 Å². The Morgan fingerprint density at radius 1 is 1.33 bits per heavy atom. The van der Waals surface area contributed by atoms with Crippen LogP contribution in [0.2, 0.25) is 0 Å². The SMILES string of the molecule is CC(C)CNC(=O)C(C)NS(=O)(=O)c1ccc(Br)c(F)c1. The third-order valence-corrected chi connectivity index (χ3v) is 4.79. The summed E-state index contributed by atoms with van der Waals surface area (Å²) < 4.78 is 39.9. The lowest BCUT2D eigenvalue weighted by molar-refractivity contribution is -0.122. The fourth-order valence-corrected chi connectivity index (χ4v) is 2.92. The molecule has 1 amide bonds. The van der Waals surface area contributed by atoms with Gasteiger partial charge in [-0.25, -0.2) is 12.8 Å². The molecule has 8 heteroatoms. The molecule has 0 bridgehead atoms. The molecule has 1 aromatic carbocycles. The fraction of sp³-hybridized carbons (Fsp3) is 0.462. The summed E-state index contributed by atoms with van der Waals surface area (Å²) in [5, 5.41) is 2.63. The molecule has 0 saturated carbocycles. The normalized spacial score (nSPS) is 13.2. The monoisotopic (exact) mass is 380 g/mol. The highest BCUT2D eigenvalue weighted by molar-refractivity contribution is 9.10. The topological polar surface area (TPSA) is 75.3 Å². The summed E-state index contributed by atoms with van der Waals surface area (Å²) in [6, 6.07) is 2.51. The van der Waals surface area contributed by atoms with Gasteiger partial charge in [0.1, 0.15) is 5.82 Å². The Hall–Kier alpha value is -0.990. The van der Waals surface area contributed by atoms with E-state index in [2.05, 4.69) is 26.0 Å². The van der Waals surface area contributed by atoms with E-state index in [-0.39, 0.29) is 15.3 Å². The van der Waals surface area contributed by atoms with Crippen molar-refractivity contribution in [3.05, 3.63) is 28.5 Å². The lowest BCUT2D eigenvalue weighted by Crippen LogP contribution is -2.45. The molecule has 0 fully saturated rings. The molecule has 0 saturated heterocycles. The van der Waals surface area contributed by atoms with Gasteiger partial charge in [-0.05, 0) is 47.0 Å². The Morgan fingerprint density at radius 3 is 2.48 bits per heavy atom. The van der Waals surface area contributed by atoms with Gasteiger partial charge in [-0.3, -0.25) is 4.79 Å². The largest absolute Gasteiger partial charge is 0.354 e. The second-order valence-corrected chi connectivity index (χ2v) is 7.63. The van der Waals surface area contributed by atoms with Gasteiger partial charge in [0, 0.05) is 6.54 Å². The number of halogens is 2. The summed E-state index contributed by atoms with van der Waals surface area (Å²) in [6.45, 7) is 5.75. The zero-order chi connectivity index (χ0) is 16.2. The molecule has 0 heterocycles. The van der Waals surface area contributed by atoms with Gasteiger partial charge in [-0.1, -0.05) is 13.8 Å². The van der Waals surface area contributed by atoms with Crippen LogP contribution in [0.1, 0.15) is 20.8 Å². The van der Waals surface area contributed by atoms with Crippen LogP contribution in [0.3, 0.4) is 0 Å². The van der Waals surface area contributed by atoms with Crippen LogP contribution in [0.4, 0.5) is 4.39 Å². The van der Waals surface area contributed by atoms with Gasteiger partial charge in [0.25, 0.3) is 0 Å². The lowest BCUT2D eigenvalue weighted by atomic mass is 10.2. The minimum atomic E-state index is -3.95. The van der Waals surface area contributed by atoms with Gasteiger partial charge in [0.05, 0.1) is 15.4 Å². The van der Waals surface area contributed by atoms with Gasteiger partial charge in [0.2, 0.25) is 15.9 Å². The maximum absolute atomic E-state index is 13.4. The molecular formula is C13H18BrFN2O3S. The average molecular weight is 381 g/mol. The number of amides is 1. The van der Waals surface area contributed by atoms with E-state index in [0.717, 1.165) is 6.07 Å². The molecule has 1 rings (SSSR count). The first kappa shape index (κ1) is 18.1. The van der Waals surface area contributed by atoms with Gasteiger partial charge < -0.3 is 5.32 Å². The third kappa shape index (κ3) is 5.37. The number of carbonyl (C=O) groups is 1. The highest BCUT2D eigenvalue weighted by Crippen LogP contribution is 2.19. The molecule has 1 unspecified atom stereocenters. The lowest BCUT2D eigenvalue weighted by Gasteiger charge is -2.15.